The number of hydrogen-bond donors (Lipinski definition) is 1. The monoisotopic (exact) mass is 275 g/mol. The summed E-state index contributed by atoms with van der Waals surface area (Å²) in [6, 6.07) is 0. The lowest BCUT2D eigenvalue weighted by Crippen LogP contribution is -2.26. The first-order valence-electron chi connectivity index (χ1n) is 6.81. The van der Waals surface area contributed by atoms with E-state index in [4.69, 9.17) is 19.3 Å². The predicted molar refractivity (Wildman–Crippen MR) is 70.3 cm³/mol. The van der Waals surface area contributed by atoms with E-state index in [1.165, 1.54) is 0 Å². The Labute approximate surface area is 114 Å². The van der Waals surface area contributed by atoms with Gasteiger partial charge in [-0.15, -0.1) is 0 Å². The van der Waals surface area contributed by atoms with Gasteiger partial charge in [-0.3, -0.25) is 4.79 Å². The Kier molecular flexibility index (Phi) is 8.73. The normalized spacial score (nSPS) is 19.9. The minimum absolute atomic E-state index is 0.282. The van der Waals surface area contributed by atoms with E-state index in [0.29, 0.717) is 39.0 Å². The summed E-state index contributed by atoms with van der Waals surface area (Å²) in [5.41, 5.74) is 0. The van der Waals surface area contributed by atoms with Crippen LogP contribution in [0.25, 0.3) is 0 Å². The number of carboxylic acids is 1. The van der Waals surface area contributed by atoms with Gasteiger partial charge in [0.25, 0.3) is 0 Å². The Morgan fingerprint density at radius 3 is 2.58 bits per heavy atom. The van der Waals surface area contributed by atoms with Crippen molar-refractivity contribution in [2.75, 3.05) is 59.8 Å². The standard InChI is InChI=1S/C13H25NO5/c1-17-6-7-19-9-8-18-5-4-14-3-2-12(11-14)10-13(15)16/h12H,2-11H2,1H3,(H,15,16). The molecule has 1 unspecified atom stereocenters. The van der Waals surface area contributed by atoms with E-state index >= 15 is 0 Å². The Bertz CT molecular complexity index is 249. The third kappa shape index (κ3) is 8.15. The molecule has 0 aromatic rings. The van der Waals surface area contributed by atoms with E-state index in [-0.39, 0.29) is 6.42 Å². The second-order valence-electron chi connectivity index (χ2n) is 4.77. The summed E-state index contributed by atoms with van der Waals surface area (Å²) < 4.78 is 15.6. The van der Waals surface area contributed by atoms with Crippen LogP contribution in [0.5, 0.6) is 0 Å². The predicted octanol–water partition coefficient (Wildman–Crippen LogP) is 0.463. The molecule has 19 heavy (non-hydrogen) atoms. The van der Waals surface area contributed by atoms with Crippen LogP contribution in [0.1, 0.15) is 12.8 Å². The van der Waals surface area contributed by atoms with Crippen molar-refractivity contribution >= 4 is 5.97 Å². The van der Waals surface area contributed by atoms with Gasteiger partial charge in [-0.1, -0.05) is 0 Å². The van der Waals surface area contributed by atoms with Crippen molar-refractivity contribution in [2.24, 2.45) is 5.92 Å². The van der Waals surface area contributed by atoms with Crippen molar-refractivity contribution in [3.05, 3.63) is 0 Å². The molecule has 0 bridgehead atoms. The van der Waals surface area contributed by atoms with Crippen LogP contribution >= 0.6 is 0 Å². The molecule has 0 aromatic heterocycles. The molecule has 0 spiro atoms. The van der Waals surface area contributed by atoms with Crippen LogP contribution in [0.15, 0.2) is 0 Å². The van der Waals surface area contributed by atoms with Crippen LogP contribution < -0.4 is 0 Å². The number of methoxy groups -OCH3 is 1. The zero-order chi connectivity index (χ0) is 13.9. The summed E-state index contributed by atoms with van der Waals surface area (Å²) in [6.07, 6.45) is 1.26. The van der Waals surface area contributed by atoms with Crippen molar-refractivity contribution in [3.63, 3.8) is 0 Å². The first-order chi connectivity index (χ1) is 9.22. The molecule has 1 aliphatic rings. The lowest BCUT2D eigenvalue weighted by Gasteiger charge is -2.15. The van der Waals surface area contributed by atoms with Gasteiger partial charge in [-0.2, -0.15) is 0 Å². The Morgan fingerprint density at radius 2 is 1.89 bits per heavy atom. The molecule has 1 saturated heterocycles. The fourth-order valence-electron chi connectivity index (χ4n) is 2.19. The first kappa shape index (κ1) is 16.4. The van der Waals surface area contributed by atoms with Gasteiger partial charge in [-0.05, 0) is 18.9 Å². The molecule has 6 heteroatoms. The van der Waals surface area contributed by atoms with Gasteiger partial charge in [0.2, 0.25) is 0 Å². The van der Waals surface area contributed by atoms with Crippen LogP contribution in [0.3, 0.4) is 0 Å². The van der Waals surface area contributed by atoms with Crippen molar-refractivity contribution < 1.29 is 24.1 Å². The molecule has 1 fully saturated rings. The summed E-state index contributed by atoms with van der Waals surface area (Å²) in [5, 5.41) is 8.73. The van der Waals surface area contributed by atoms with Crippen molar-refractivity contribution in [2.45, 2.75) is 12.8 Å². The lowest BCUT2D eigenvalue weighted by molar-refractivity contribution is -0.138. The molecule has 0 aliphatic carbocycles. The molecule has 0 saturated carbocycles. The van der Waals surface area contributed by atoms with Gasteiger partial charge in [-0.25, -0.2) is 0 Å². The van der Waals surface area contributed by atoms with Crippen molar-refractivity contribution in [1.29, 1.82) is 0 Å². The minimum atomic E-state index is -0.698. The summed E-state index contributed by atoms with van der Waals surface area (Å²) in [4.78, 5) is 12.9. The molecule has 1 N–H and O–H groups in total. The molecule has 1 aliphatic heterocycles. The average molecular weight is 275 g/mol. The second-order valence-corrected chi connectivity index (χ2v) is 4.77. The fraction of sp³-hybridized carbons (Fsp3) is 0.923. The Hall–Kier alpha value is -0.690. The molecule has 6 nitrogen and oxygen atoms in total. The SMILES string of the molecule is COCCOCCOCCN1CCC(CC(=O)O)C1. The highest BCUT2D eigenvalue weighted by Crippen LogP contribution is 2.18. The van der Waals surface area contributed by atoms with Crippen molar-refractivity contribution in [1.82, 2.24) is 4.90 Å². The summed E-state index contributed by atoms with van der Waals surface area (Å²) in [7, 11) is 1.65. The number of hydrogen-bond acceptors (Lipinski definition) is 5. The van der Waals surface area contributed by atoms with E-state index in [0.717, 1.165) is 26.1 Å². The summed E-state index contributed by atoms with van der Waals surface area (Å²) in [5.74, 6) is -0.397. The molecular weight excluding hydrogens is 250 g/mol. The van der Waals surface area contributed by atoms with Crippen molar-refractivity contribution in [3.8, 4) is 0 Å². The fourth-order valence-corrected chi connectivity index (χ4v) is 2.19. The topological polar surface area (TPSA) is 68.2 Å². The highest BCUT2D eigenvalue weighted by Gasteiger charge is 2.23. The van der Waals surface area contributed by atoms with E-state index < -0.39 is 5.97 Å². The van der Waals surface area contributed by atoms with Gasteiger partial charge >= 0.3 is 5.97 Å². The number of rotatable bonds is 11. The molecular formula is C13H25NO5. The largest absolute Gasteiger partial charge is 0.481 e. The van der Waals surface area contributed by atoms with Gasteiger partial charge in [0.15, 0.2) is 0 Å². The van der Waals surface area contributed by atoms with E-state index in [1.807, 2.05) is 0 Å². The minimum Gasteiger partial charge on any atom is -0.481 e. The third-order valence-electron chi connectivity index (χ3n) is 3.19. The maximum atomic E-state index is 10.6. The van der Waals surface area contributed by atoms with Crippen LogP contribution in [0.2, 0.25) is 0 Å². The number of likely N-dealkylation sites (tertiary alicyclic amines) is 1. The quantitative estimate of drug-likeness (QED) is 0.553. The molecule has 1 heterocycles. The molecule has 1 rings (SSSR count). The third-order valence-corrected chi connectivity index (χ3v) is 3.19. The van der Waals surface area contributed by atoms with E-state index in [1.54, 1.807) is 7.11 Å². The van der Waals surface area contributed by atoms with Gasteiger partial charge < -0.3 is 24.2 Å². The number of carboxylic acid groups (broad SMARTS) is 1. The van der Waals surface area contributed by atoms with Crippen LogP contribution in [-0.4, -0.2) is 75.8 Å². The van der Waals surface area contributed by atoms with Gasteiger partial charge in [0.05, 0.1) is 33.0 Å². The molecule has 1 atom stereocenters. The summed E-state index contributed by atoms with van der Waals surface area (Å²) >= 11 is 0. The van der Waals surface area contributed by atoms with Crippen LogP contribution in [-0.2, 0) is 19.0 Å². The lowest BCUT2D eigenvalue weighted by atomic mass is 10.1. The van der Waals surface area contributed by atoms with Gasteiger partial charge in [0.1, 0.15) is 0 Å². The number of aliphatic carboxylic acids is 1. The number of nitrogens with zero attached hydrogens (tertiary/aromatic N) is 1. The van der Waals surface area contributed by atoms with Crippen LogP contribution in [0.4, 0.5) is 0 Å². The highest BCUT2D eigenvalue weighted by atomic mass is 16.5. The van der Waals surface area contributed by atoms with E-state index in [9.17, 15) is 4.79 Å². The zero-order valence-corrected chi connectivity index (χ0v) is 11.7. The first-order valence-corrected chi connectivity index (χ1v) is 6.81. The van der Waals surface area contributed by atoms with E-state index in [2.05, 4.69) is 4.90 Å². The van der Waals surface area contributed by atoms with Gasteiger partial charge in [0, 0.05) is 26.6 Å². The zero-order valence-electron chi connectivity index (χ0n) is 11.7. The average Bonchev–Trinajstić information content (AvgIpc) is 2.79. The molecule has 0 radical (unpaired) electrons. The molecule has 0 amide bonds. The second kappa shape index (κ2) is 10.1. The Balaban J connectivity index is 1.89. The summed E-state index contributed by atoms with van der Waals surface area (Å²) in [6.45, 7) is 5.79. The highest BCUT2D eigenvalue weighted by molar-refractivity contribution is 5.67. The number of ether oxygens (including phenoxy) is 3. The Morgan fingerprint density at radius 1 is 1.21 bits per heavy atom. The molecule has 0 aromatic carbocycles. The molecule has 112 valence electrons. The smallest absolute Gasteiger partial charge is 0.303 e. The van der Waals surface area contributed by atoms with Crippen LogP contribution in [0, 0.1) is 5.92 Å². The number of carbonyl (C=O) groups is 1. The maximum absolute atomic E-state index is 10.6. The maximum Gasteiger partial charge on any atom is 0.303 e.